The van der Waals surface area contributed by atoms with Crippen molar-refractivity contribution in [3.05, 3.63) is 84.2 Å². The molecule has 1 aliphatic carbocycles. The highest BCUT2D eigenvalue weighted by Gasteiger charge is 2.41. The summed E-state index contributed by atoms with van der Waals surface area (Å²) in [5, 5.41) is 3.31. The molecular formula is C17H17NO. The van der Waals surface area contributed by atoms with Crippen LogP contribution in [-0.2, 0) is 10.3 Å². The van der Waals surface area contributed by atoms with Crippen LogP contribution in [-0.4, -0.2) is 13.1 Å². The molecule has 0 unspecified atom stereocenters. The SMILES string of the molecule is C1=C\C=C/C(OC2(c3ccccc3)CNC2)=C\C=C/1. The van der Waals surface area contributed by atoms with Crippen molar-refractivity contribution in [1.29, 1.82) is 0 Å². The van der Waals surface area contributed by atoms with Gasteiger partial charge in [0.15, 0.2) is 5.60 Å². The third-order valence-corrected chi connectivity index (χ3v) is 3.40. The van der Waals surface area contributed by atoms with E-state index in [-0.39, 0.29) is 5.60 Å². The Morgan fingerprint density at radius 2 is 1.63 bits per heavy atom. The van der Waals surface area contributed by atoms with Gasteiger partial charge in [-0.05, 0) is 17.7 Å². The molecule has 1 aromatic rings. The lowest BCUT2D eigenvalue weighted by Gasteiger charge is -2.43. The van der Waals surface area contributed by atoms with Gasteiger partial charge in [0, 0.05) is 13.1 Å². The van der Waals surface area contributed by atoms with E-state index < -0.39 is 0 Å². The second-order valence-corrected chi connectivity index (χ2v) is 4.76. The molecule has 3 rings (SSSR count). The smallest absolute Gasteiger partial charge is 0.159 e. The van der Waals surface area contributed by atoms with Crippen LogP contribution >= 0.6 is 0 Å². The number of nitrogens with one attached hydrogen (secondary N) is 1. The molecule has 0 aromatic heterocycles. The molecular weight excluding hydrogens is 234 g/mol. The highest BCUT2D eigenvalue weighted by atomic mass is 16.5. The fraction of sp³-hybridized carbons (Fsp3) is 0.176. The van der Waals surface area contributed by atoms with E-state index >= 15 is 0 Å². The Labute approximate surface area is 113 Å². The number of hydrogen-bond donors (Lipinski definition) is 1. The summed E-state index contributed by atoms with van der Waals surface area (Å²) in [7, 11) is 0. The van der Waals surface area contributed by atoms with Crippen LogP contribution in [0.2, 0.25) is 0 Å². The van der Waals surface area contributed by atoms with Crippen LogP contribution in [0.4, 0.5) is 0 Å². The Hall–Kier alpha value is -2.06. The van der Waals surface area contributed by atoms with Gasteiger partial charge in [-0.15, -0.1) is 0 Å². The molecule has 1 fully saturated rings. The van der Waals surface area contributed by atoms with Crippen molar-refractivity contribution in [2.45, 2.75) is 5.60 Å². The number of rotatable bonds is 3. The van der Waals surface area contributed by atoms with Gasteiger partial charge in [0.1, 0.15) is 5.76 Å². The lowest BCUT2D eigenvalue weighted by molar-refractivity contribution is -0.0409. The van der Waals surface area contributed by atoms with E-state index in [1.807, 2.05) is 48.6 Å². The minimum Gasteiger partial charge on any atom is -0.480 e. The molecule has 2 nitrogen and oxygen atoms in total. The van der Waals surface area contributed by atoms with Gasteiger partial charge >= 0.3 is 0 Å². The Bertz CT molecular complexity index is 548. The molecule has 96 valence electrons. The third-order valence-electron chi connectivity index (χ3n) is 3.40. The average molecular weight is 251 g/mol. The minimum absolute atomic E-state index is 0.228. The maximum atomic E-state index is 6.26. The van der Waals surface area contributed by atoms with E-state index in [9.17, 15) is 0 Å². The molecule has 19 heavy (non-hydrogen) atoms. The Morgan fingerprint density at radius 1 is 0.895 bits per heavy atom. The van der Waals surface area contributed by atoms with Crippen molar-refractivity contribution in [1.82, 2.24) is 5.32 Å². The molecule has 0 spiro atoms. The number of ether oxygens (including phenoxy) is 1. The zero-order valence-corrected chi connectivity index (χ0v) is 10.8. The fourth-order valence-electron chi connectivity index (χ4n) is 2.27. The quantitative estimate of drug-likeness (QED) is 0.891. The monoisotopic (exact) mass is 251 g/mol. The molecule has 0 atom stereocenters. The van der Waals surface area contributed by atoms with E-state index in [4.69, 9.17) is 4.74 Å². The molecule has 1 aliphatic heterocycles. The van der Waals surface area contributed by atoms with Crippen LogP contribution in [0, 0.1) is 0 Å². The second-order valence-electron chi connectivity index (χ2n) is 4.76. The number of benzene rings is 1. The molecule has 2 aliphatic rings. The van der Waals surface area contributed by atoms with Crippen molar-refractivity contribution in [3.63, 3.8) is 0 Å². The highest BCUT2D eigenvalue weighted by molar-refractivity contribution is 5.31. The maximum Gasteiger partial charge on any atom is 0.159 e. The summed E-state index contributed by atoms with van der Waals surface area (Å²) >= 11 is 0. The van der Waals surface area contributed by atoms with Crippen LogP contribution in [0.3, 0.4) is 0 Å². The van der Waals surface area contributed by atoms with Crippen LogP contribution in [0.5, 0.6) is 0 Å². The minimum atomic E-state index is -0.228. The van der Waals surface area contributed by atoms with Gasteiger partial charge in [0.25, 0.3) is 0 Å². The Morgan fingerprint density at radius 3 is 2.37 bits per heavy atom. The van der Waals surface area contributed by atoms with Gasteiger partial charge in [-0.2, -0.15) is 0 Å². The standard InChI is InChI=1S/C17H17NO/c1-2-7-11-16(12-8-3-1)19-17(13-18-14-17)15-9-5-4-6-10-15/h1-12,18H,13-14H2/b2-1-,3-1?,7-2?,8-3-,11-7-,12-8?,16-11?,16-12+. The van der Waals surface area contributed by atoms with Gasteiger partial charge in [-0.1, -0.05) is 60.7 Å². The van der Waals surface area contributed by atoms with E-state index in [2.05, 4.69) is 29.6 Å². The summed E-state index contributed by atoms with van der Waals surface area (Å²) in [6, 6.07) is 10.4. The van der Waals surface area contributed by atoms with Gasteiger partial charge in [-0.3, -0.25) is 0 Å². The van der Waals surface area contributed by atoms with Crippen molar-refractivity contribution in [2.24, 2.45) is 0 Å². The summed E-state index contributed by atoms with van der Waals surface area (Å²) in [6.07, 6.45) is 14.0. The first-order valence-corrected chi connectivity index (χ1v) is 6.56. The first-order chi connectivity index (χ1) is 9.39. The Balaban J connectivity index is 1.84. The topological polar surface area (TPSA) is 21.3 Å². The third kappa shape index (κ3) is 2.54. The van der Waals surface area contributed by atoms with E-state index in [0.717, 1.165) is 18.8 Å². The molecule has 0 saturated carbocycles. The predicted octanol–water partition coefficient (Wildman–Crippen LogP) is 3.07. The Kier molecular flexibility index (Phi) is 3.34. The fourth-order valence-corrected chi connectivity index (χ4v) is 2.27. The van der Waals surface area contributed by atoms with Crippen LogP contribution in [0.15, 0.2) is 78.6 Å². The first-order valence-electron chi connectivity index (χ1n) is 6.56. The van der Waals surface area contributed by atoms with Gasteiger partial charge in [-0.25, -0.2) is 0 Å². The lowest BCUT2D eigenvalue weighted by Crippen LogP contribution is -2.58. The zero-order valence-electron chi connectivity index (χ0n) is 10.8. The molecule has 1 heterocycles. The largest absolute Gasteiger partial charge is 0.480 e. The van der Waals surface area contributed by atoms with Crippen molar-refractivity contribution in [3.8, 4) is 0 Å². The van der Waals surface area contributed by atoms with Crippen molar-refractivity contribution >= 4 is 0 Å². The summed E-state index contributed by atoms with van der Waals surface area (Å²) in [5.74, 6) is 0.894. The van der Waals surface area contributed by atoms with Gasteiger partial charge in [0.05, 0.1) is 0 Å². The van der Waals surface area contributed by atoms with Gasteiger partial charge in [0.2, 0.25) is 0 Å². The number of hydrogen-bond acceptors (Lipinski definition) is 2. The molecule has 0 bridgehead atoms. The highest BCUT2D eigenvalue weighted by Crippen LogP contribution is 2.32. The second kappa shape index (κ2) is 5.29. The number of allylic oxidation sites excluding steroid dienone is 7. The van der Waals surface area contributed by atoms with E-state index in [1.165, 1.54) is 5.56 Å². The summed E-state index contributed by atoms with van der Waals surface area (Å²) < 4.78 is 6.26. The van der Waals surface area contributed by atoms with Crippen LogP contribution in [0.25, 0.3) is 0 Å². The zero-order chi connectivity index (χ0) is 13.0. The molecule has 1 saturated heterocycles. The summed E-state index contributed by atoms with van der Waals surface area (Å²) in [5.41, 5.74) is 0.999. The predicted molar refractivity (Wildman–Crippen MR) is 77.6 cm³/mol. The average Bonchev–Trinajstić information content (AvgIpc) is 2.37. The van der Waals surface area contributed by atoms with Crippen molar-refractivity contribution in [2.75, 3.05) is 13.1 Å². The molecule has 0 radical (unpaired) electrons. The maximum absolute atomic E-state index is 6.26. The van der Waals surface area contributed by atoms with Crippen molar-refractivity contribution < 1.29 is 4.74 Å². The summed E-state index contributed by atoms with van der Waals surface area (Å²) in [6.45, 7) is 1.70. The van der Waals surface area contributed by atoms with Crippen LogP contribution < -0.4 is 5.32 Å². The lowest BCUT2D eigenvalue weighted by atomic mass is 9.88. The summed E-state index contributed by atoms with van der Waals surface area (Å²) in [4.78, 5) is 0. The van der Waals surface area contributed by atoms with Crippen LogP contribution in [0.1, 0.15) is 5.56 Å². The normalized spacial score (nSPS) is 27.9. The molecule has 1 N–H and O–H groups in total. The molecule has 2 heteroatoms. The molecule has 0 amide bonds. The van der Waals surface area contributed by atoms with E-state index in [1.54, 1.807) is 0 Å². The van der Waals surface area contributed by atoms with Gasteiger partial charge < -0.3 is 10.1 Å². The first kappa shape index (κ1) is 12.0. The molecule has 1 aromatic carbocycles. The van der Waals surface area contributed by atoms with E-state index in [0.29, 0.717) is 0 Å².